The van der Waals surface area contributed by atoms with Gasteiger partial charge >= 0.3 is 5.97 Å². The van der Waals surface area contributed by atoms with Gasteiger partial charge in [0.1, 0.15) is 0 Å². The number of carboxylic acids is 1. The van der Waals surface area contributed by atoms with Gasteiger partial charge in [0.2, 0.25) is 5.91 Å². The van der Waals surface area contributed by atoms with Crippen LogP contribution < -0.4 is 5.32 Å². The normalized spacial score (nSPS) is 12.0. The van der Waals surface area contributed by atoms with Crippen molar-refractivity contribution in [3.8, 4) is 0 Å². The molecule has 0 aliphatic heterocycles. The van der Waals surface area contributed by atoms with Crippen LogP contribution in [-0.4, -0.2) is 23.5 Å². The quantitative estimate of drug-likeness (QED) is 0.855. The van der Waals surface area contributed by atoms with E-state index in [2.05, 4.69) is 5.32 Å². The van der Waals surface area contributed by atoms with Crippen LogP contribution in [0.15, 0.2) is 30.3 Å². The monoisotopic (exact) mass is 263 g/mol. The topological polar surface area (TPSA) is 66.4 Å². The summed E-state index contributed by atoms with van der Waals surface area (Å²) in [6, 6.07) is 9.44. The van der Waals surface area contributed by atoms with Crippen LogP contribution in [0.3, 0.4) is 0 Å². The summed E-state index contributed by atoms with van der Waals surface area (Å²) in [5.41, 5.74) is -0.751. The molecule has 104 valence electrons. The van der Waals surface area contributed by atoms with Gasteiger partial charge in [0.05, 0.1) is 10.8 Å². The molecule has 19 heavy (non-hydrogen) atoms. The summed E-state index contributed by atoms with van der Waals surface area (Å²) in [7, 11) is 0. The molecule has 0 unspecified atom stereocenters. The molecule has 2 N–H and O–H groups in total. The standard InChI is InChI=1S/C15H21NO3/c1-14(2,13(18)19)10-16-12(17)15(3,4)11-8-6-5-7-9-11/h5-9H,10H2,1-4H3,(H,16,17)(H,18,19). The van der Waals surface area contributed by atoms with E-state index in [-0.39, 0.29) is 12.5 Å². The van der Waals surface area contributed by atoms with E-state index in [9.17, 15) is 9.59 Å². The molecule has 4 nitrogen and oxygen atoms in total. The molecule has 0 radical (unpaired) electrons. The maximum Gasteiger partial charge on any atom is 0.310 e. The van der Waals surface area contributed by atoms with Gasteiger partial charge in [-0.25, -0.2) is 0 Å². The Morgan fingerprint density at radius 1 is 1.11 bits per heavy atom. The number of carbonyl (C=O) groups is 2. The smallest absolute Gasteiger partial charge is 0.310 e. The first-order chi connectivity index (χ1) is 8.68. The van der Waals surface area contributed by atoms with Gasteiger partial charge in [0, 0.05) is 6.54 Å². The predicted molar refractivity (Wildman–Crippen MR) is 73.9 cm³/mol. The molecule has 1 amide bonds. The maximum absolute atomic E-state index is 12.2. The van der Waals surface area contributed by atoms with E-state index < -0.39 is 16.8 Å². The number of nitrogens with one attached hydrogen (secondary N) is 1. The first-order valence-electron chi connectivity index (χ1n) is 6.25. The Morgan fingerprint density at radius 3 is 2.11 bits per heavy atom. The van der Waals surface area contributed by atoms with Gasteiger partial charge in [-0.2, -0.15) is 0 Å². The summed E-state index contributed by atoms with van der Waals surface area (Å²) in [6.45, 7) is 6.94. The van der Waals surface area contributed by atoms with Crippen molar-refractivity contribution in [1.29, 1.82) is 0 Å². The molecule has 1 rings (SSSR count). The summed E-state index contributed by atoms with van der Waals surface area (Å²) in [5, 5.41) is 11.7. The fourth-order valence-electron chi connectivity index (χ4n) is 1.58. The molecule has 0 bridgehead atoms. The highest BCUT2D eigenvalue weighted by molar-refractivity contribution is 5.87. The molecular weight excluding hydrogens is 242 g/mol. The first kappa shape index (κ1) is 15.2. The lowest BCUT2D eigenvalue weighted by Crippen LogP contribution is -2.45. The predicted octanol–water partition coefficient (Wildman–Crippen LogP) is 2.19. The lowest BCUT2D eigenvalue weighted by Gasteiger charge is -2.27. The Kier molecular flexibility index (Phi) is 4.35. The fourth-order valence-corrected chi connectivity index (χ4v) is 1.58. The molecule has 0 aliphatic rings. The average Bonchev–Trinajstić information content (AvgIpc) is 2.36. The summed E-state index contributed by atoms with van der Waals surface area (Å²) in [4.78, 5) is 23.2. The molecule has 0 aromatic heterocycles. The number of aliphatic carboxylic acids is 1. The second-order valence-electron chi connectivity index (χ2n) is 5.86. The minimum atomic E-state index is -0.970. The van der Waals surface area contributed by atoms with Crippen LogP contribution in [0, 0.1) is 5.41 Å². The summed E-state index contributed by atoms with van der Waals surface area (Å²) >= 11 is 0. The fraction of sp³-hybridized carbons (Fsp3) is 0.467. The van der Waals surface area contributed by atoms with Crippen LogP contribution in [-0.2, 0) is 15.0 Å². The van der Waals surface area contributed by atoms with Gasteiger partial charge in [0.15, 0.2) is 0 Å². The zero-order valence-electron chi connectivity index (χ0n) is 11.9. The van der Waals surface area contributed by atoms with E-state index >= 15 is 0 Å². The van der Waals surface area contributed by atoms with Crippen molar-refractivity contribution < 1.29 is 14.7 Å². The number of benzene rings is 1. The number of rotatable bonds is 5. The number of carbonyl (C=O) groups excluding carboxylic acids is 1. The van der Waals surface area contributed by atoms with E-state index in [4.69, 9.17) is 5.11 Å². The van der Waals surface area contributed by atoms with E-state index in [1.54, 1.807) is 13.8 Å². The third-order valence-electron chi connectivity index (χ3n) is 3.33. The van der Waals surface area contributed by atoms with Gasteiger partial charge in [-0.15, -0.1) is 0 Å². The van der Waals surface area contributed by atoms with Crippen LogP contribution in [0.25, 0.3) is 0 Å². The summed E-state index contributed by atoms with van der Waals surface area (Å²) in [6.07, 6.45) is 0. The SMILES string of the molecule is CC(C)(CNC(=O)C(C)(C)c1ccccc1)C(=O)O. The lowest BCUT2D eigenvalue weighted by molar-refractivity contribution is -0.146. The molecule has 4 heteroatoms. The minimum absolute atomic E-state index is 0.109. The number of hydrogen-bond acceptors (Lipinski definition) is 2. The van der Waals surface area contributed by atoms with Crippen molar-refractivity contribution >= 4 is 11.9 Å². The first-order valence-corrected chi connectivity index (χ1v) is 6.25. The maximum atomic E-state index is 12.2. The van der Waals surface area contributed by atoms with Gasteiger partial charge < -0.3 is 10.4 Å². The van der Waals surface area contributed by atoms with E-state index in [1.165, 1.54) is 0 Å². The largest absolute Gasteiger partial charge is 0.481 e. The second kappa shape index (κ2) is 5.43. The van der Waals surface area contributed by atoms with Gasteiger partial charge in [-0.05, 0) is 33.3 Å². The highest BCUT2D eigenvalue weighted by atomic mass is 16.4. The molecule has 0 saturated heterocycles. The van der Waals surface area contributed by atoms with Crippen LogP contribution >= 0.6 is 0 Å². The Morgan fingerprint density at radius 2 is 1.63 bits per heavy atom. The Labute approximate surface area is 113 Å². The zero-order chi connectivity index (χ0) is 14.7. The molecule has 0 aliphatic carbocycles. The van der Waals surface area contributed by atoms with Crippen LogP contribution in [0.2, 0.25) is 0 Å². The van der Waals surface area contributed by atoms with E-state index in [1.807, 2.05) is 44.2 Å². The third-order valence-corrected chi connectivity index (χ3v) is 3.33. The average molecular weight is 263 g/mol. The zero-order valence-corrected chi connectivity index (χ0v) is 11.9. The molecule has 0 fully saturated rings. The van der Waals surface area contributed by atoms with Crippen LogP contribution in [0.4, 0.5) is 0 Å². The number of hydrogen-bond donors (Lipinski definition) is 2. The van der Waals surface area contributed by atoms with Crippen molar-refractivity contribution in [1.82, 2.24) is 5.32 Å². The third kappa shape index (κ3) is 3.56. The summed E-state index contributed by atoms with van der Waals surface area (Å²) in [5.74, 6) is -1.10. The summed E-state index contributed by atoms with van der Waals surface area (Å²) < 4.78 is 0. The molecule has 0 spiro atoms. The Hall–Kier alpha value is -1.84. The Balaban J connectivity index is 2.76. The lowest BCUT2D eigenvalue weighted by atomic mass is 9.83. The van der Waals surface area contributed by atoms with E-state index in [0.29, 0.717) is 0 Å². The molecule has 0 saturated carbocycles. The molecule has 0 heterocycles. The molecule has 0 atom stereocenters. The van der Waals surface area contributed by atoms with Gasteiger partial charge in [0.25, 0.3) is 0 Å². The van der Waals surface area contributed by atoms with Crippen molar-refractivity contribution in [2.24, 2.45) is 5.41 Å². The molecule has 1 aromatic rings. The van der Waals surface area contributed by atoms with Crippen molar-refractivity contribution in [3.05, 3.63) is 35.9 Å². The highest BCUT2D eigenvalue weighted by Crippen LogP contribution is 2.23. The molecule has 1 aromatic carbocycles. The van der Waals surface area contributed by atoms with Crippen LogP contribution in [0.1, 0.15) is 33.3 Å². The highest BCUT2D eigenvalue weighted by Gasteiger charge is 2.33. The van der Waals surface area contributed by atoms with Crippen molar-refractivity contribution in [2.45, 2.75) is 33.1 Å². The van der Waals surface area contributed by atoms with Gasteiger partial charge in [-0.3, -0.25) is 9.59 Å². The second-order valence-corrected chi connectivity index (χ2v) is 5.86. The Bertz CT molecular complexity index is 464. The van der Waals surface area contributed by atoms with Crippen molar-refractivity contribution in [2.75, 3.05) is 6.54 Å². The van der Waals surface area contributed by atoms with E-state index in [0.717, 1.165) is 5.56 Å². The minimum Gasteiger partial charge on any atom is -0.481 e. The number of carboxylic acid groups (broad SMARTS) is 1. The van der Waals surface area contributed by atoms with Gasteiger partial charge in [-0.1, -0.05) is 30.3 Å². The number of amides is 1. The van der Waals surface area contributed by atoms with Crippen molar-refractivity contribution in [3.63, 3.8) is 0 Å². The molecular formula is C15H21NO3. The van der Waals surface area contributed by atoms with Crippen LogP contribution in [0.5, 0.6) is 0 Å².